The summed E-state index contributed by atoms with van der Waals surface area (Å²) in [7, 11) is 0. The van der Waals surface area contributed by atoms with Gasteiger partial charge in [-0.25, -0.2) is 0 Å². The van der Waals surface area contributed by atoms with Crippen molar-refractivity contribution in [3.63, 3.8) is 0 Å². The van der Waals surface area contributed by atoms with Crippen LogP contribution in [0.3, 0.4) is 0 Å². The maximum absolute atomic E-state index is 12.1. The second kappa shape index (κ2) is 4.73. The minimum atomic E-state index is -0.0366. The SMILES string of the molecule is N[C@@H]1CCN(C(=O)c2ccc(Br)cc2Cl)C1. The van der Waals surface area contributed by atoms with E-state index in [0.29, 0.717) is 23.7 Å². The molecule has 1 fully saturated rings. The van der Waals surface area contributed by atoms with Gasteiger partial charge in [-0.3, -0.25) is 4.79 Å². The van der Waals surface area contributed by atoms with Gasteiger partial charge in [-0.15, -0.1) is 0 Å². The topological polar surface area (TPSA) is 46.3 Å². The van der Waals surface area contributed by atoms with Gasteiger partial charge in [0.15, 0.2) is 0 Å². The fraction of sp³-hybridized carbons (Fsp3) is 0.364. The molecule has 0 saturated carbocycles. The van der Waals surface area contributed by atoms with E-state index in [1.807, 2.05) is 6.07 Å². The summed E-state index contributed by atoms with van der Waals surface area (Å²) in [6.07, 6.45) is 0.861. The molecule has 1 aliphatic rings. The van der Waals surface area contributed by atoms with Crippen LogP contribution in [-0.4, -0.2) is 29.9 Å². The number of nitrogens with zero attached hydrogens (tertiary/aromatic N) is 1. The van der Waals surface area contributed by atoms with E-state index in [4.69, 9.17) is 17.3 Å². The number of likely N-dealkylation sites (tertiary alicyclic amines) is 1. The standard InChI is InChI=1S/C11H12BrClN2O/c12-7-1-2-9(10(13)5-7)11(16)15-4-3-8(14)6-15/h1-2,5,8H,3-4,6,14H2/t8-/m1/s1. The molecule has 86 valence electrons. The lowest BCUT2D eigenvalue weighted by Gasteiger charge is -2.16. The molecule has 1 aromatic carbocycles. The first-order chi connectivity index (χ1) is 7.58. The molecule has 0 bridgehead atoms. The predicted molar refractivity (Wildman–Crippen MR) is 67.6 cm³/mol. The minimum absolute atomic E-state index is 0.0366. The zero-order valence-corrected chi connectivity index (χ0v) is 11.0. The first-order valence-electron chi connectivity index (χ1n) is 5.08. The highest BCUT2D eigenvalue weighted by Gasteiger charge is 2.25. The van der Waals surface area contributed by atoms with Gasteiger partial charge < -0.3 is 10.6 Å². The summed E-state index contributed by atoms with van der Waals surface area (Å²) in [5.41, 5.74) is 6.31. The molecule has 1 amide bonds. The number of hydrogen-bond acceptors (Lipinski definition) is 2. The van der Waals surface area contributed by atoms with Crippen LogP contribution in [0.25, 0.3) is 0 Å². The fourth-order valence-electron chi connectivity index (χ4n) is 1.81. The predicted octanol–water partition coefficient (Wildman–Crippen LogP) is 2.28. The van der Waals surface area contributed by atoms with E-state index in [-0.39, 0.29) is 11.9 Å². The van der Waals surface area contributed by atoms with Crippen molar-refractivity contribution in [3.05, 3.63) is 33.3 Å². The zero-order valence-electron chi connectivity index (χ0n) is 8.62. The Morgan fingerprint density at radius 3 is 2.88 bits per heavy atom. The third-order valence-electron chi connectivity index (χ3n) is 2.67. The molecule has 3 nitrogen and oxygen atoms in total. The van der Waals surface area contributed by atoms with Gasteiger partial charge in [-0.05, 0) is 24.6 Å². The molecule has 2 rings (SSSR count). The molecule has 1 saturated heterocycles. The van der Waals surface area contributed by atoms with Crippen molar-refractivity contribution in [2.24, 2.45) is 5.73 Å². The molecule has 0 spiro atoms. The van der Waals surface area contributed by atoms with Crippen LogP contribution in [0.4, 0.5) is 0 Å². The molecule has 0 unspecified atom stereocenters. The lowest BCUT2D eigenvalue weighted by atomic mass is 10.2. The van der Waals surface area contributed by atoms with Gasteiger partial charge in [-0.2, -0.15) is 0 Å². The lowest BCUT2D eigenvalue weighted by molar-refractivity contribution is 0.0791. The summed E-state index contributed by atoms with van der Waals surface area (Å²) in [6.45, 7) is 1.33. The molecule has 1 atom stereocenters. The molecule has 16 heavy (non-hydrogen) atoms. The van der Waals surface area contributed by atoms with Gasteiger partial charge in [0.1, 0.15) is 0 Å². The van der Waals surface area contributed by atoms with E-state index in [9.17, 15) is 4.79 Å². The van der Waals surface area contributed by atoms with E-state index >= 15 is 0 Å². The first kappa shape index (κ1) is 11.9. The number of nitrogens with two attached hydrogens (primary N) is 1. The van der Waals surface area contributed by atoms with Gasteiger partial charge in [0.25, 0.3) is 5.91 Å². The van der Waals surface area contributed by atoms with Crippen molar-refractivity contribution in [2.45, 2.75) is 12.5 Å². The van der Waals surface area contributed by atoms with Crippen molar-refractivity contribution >= 4 is 33.4 Å². The highest BCUT2D eigenvalue weighted by Crippen LogP contribution is 2.23. The van der Waals surface area contributed by atoms with E-state index in [1.165, 1.54) is 0 Å². The van der Waals surface area contributed by atoms with Crippen LogP contribution < -0.4 is 5.73 Å². The van der Waals surface area contributed by atoms with E-state index in [1.54, 1.807) is 17.0 Å². The molecule has 1 aliphatic heterocycles. The fourth-order valence-corrected chi connectivity index (χ4v) is 2.56. The number of carbonyl (C=O) groups excluding carboxylic acids is 1. The Hall–Kier alpha value is -0.580. The molecule has 0 aliphatic carbocycles. The largest absolute Gasteiger partial charge is 0.337 e. The molecular weight excluding hydrogens is 291 g/mol. The van der Waals surface area contributed by atoms with Crippen LogP contribution in [-0.2, 0) is 0 Å². The first-order valence-corrected chi connectivity index (χ1v) is 6.25. The molecular formula is C11H12BrClN2O. The number of hydrogen-bond donors (Lipinski definition) is 1. The second-order valence-electron chi connectivity index (χ2n) is 3.92. The molecule has 1 aromatic rings. The summed E-state index contributed by atoms with van der Waals surface area (Å²) in [5, 5.41) is 0.472. The van der Waals surface area contributed by atoms with Gasteiger partial charge >= 0.3 is 0 Å². The number of carbonyl (C=O) groups is 1. The van der Waals surface area contributed by atoms with Crippen molar-refractivity contribution in [3.8, 4) is 0 Å². The van der Waals surface area contributed by atoms with Crippen LogP contribution in [0.5, 0.6) is 0 Å². The third kappa shape index (κ3) is 2.39. The van der Waals surface area contributed by atoms with Gasteiger partial charge in [0.05, 0.1) is 10.6 Å². The zero-order chi connectivity index (χ0) is 11.7. The summed E-state index contributed by atoms with van der Waals surface area (Å²) >= 11 is 9.34. The number of benzene rings is 1. The Balaban J connectivity index is 2.21. The van der Waals surface area contributed by atoms with Crippen molar-refractivity contribution in [1.82, 2.24) is 4.90 Å². The maximum atomic E-state index is 12.1. The summed E-state index contributed by atoms with van der Waals surface area (Å²) < 4.78 is 0.868. The van der Waals surface area contributed by atoms with Crippen molar-refractivity contribution in [1.29, 1.82) is 0 Å². The molecule has 0 radical (unpaired) electrons. The van der Waals surface area contributed by atoms with Gasteiger partial charge in [0.2, 0.25) is 0 Å². The molecule has 1 heterocycles. The summed E-state index contributed by atoms with van der Waals surface area (Å²) in [5.74, 6) is -0.0366. The quantitative estimate of drug-likeness (QED) is 0.865. The van der Waals surface area contributed by atoms with Crippen molar-refractivity contribution < 1.29 is 4.79 Å². The van der Waals surface area contributed by atoms with Crippen molar-refractivity contribution in [2.75, 3.05) is 13.1 Å². The summed E-state index contributed by atoms with van der Waals surface area (Å²) in [6, 6.07) is 5.37. The van der Waals surface area contributed by atoms with Crippen LogP contribution in [0.15, 0.2) is 22.7 Å². The van der Waals surface area contributed by atoms with Gasteiger partial charge in [0, 0.05) is 23.6 Å². The number of amides is 1. The molecule has 5 heteroatoms. The maximum Gasteiger partial charge on any atom is 0.255 e. The lowest BCUT2D eigenvalue weighted by Crippen LogP contribution is -2.32. The minimum Gasteiger partial charge on any atom is -0.337 e. The smallest absolute Gasteiger partial charge is 0.255 e. The molecule has 2 N–H and O–H groups in total. The average Bonchev–Trinajstić information content (AvgIpc) is 2.64. The van der Waals surface area contributed by atoms with E-state index in [0.717, 1.165) is 10.9 Å². The third-order valence-corrected chi connectivity index (χ3v) is 3.48. The van der Waals surface area contributed by atoms with Crippen LogP contribution in [0.2, 0.25) is 5.02 Å². The Bertz CT molecular complexity index is 424. The highest BCUT2D eigenvalue weighted by molar-refractivity contribution is 9.10. The number of halogens is 2. The normalized spacial score (nSPS) is 20.2. The van der Waals surface area contributed by atoms with E-state index < -0.39 is 0 Å². The Morgan fingerprint density at radius 2 is 2.31 bits per heavy atom. The monoisotopic (exact) mass is 302 g/mol. The van der Waals surface area contributed by atoms with Crippen LogP contribution in [0, 0.1) is 0 Å². The molecule has 0 aromatic heterocycles. The Morgan fingerprint density at radius 1 is 1.56 bits per heavy atom. The number of rotatable bonds is 1. The Labute approximate surface area is 108 Å². The van der Waals surface area contributed by atoms with E-state index in [2.05, 4.69) is 15.9 Å². The van der Waals surface area contributed by atoms with Gasteiger partial charge in [-0.1, -0.05) is 27.5 Å². The average molecular weight is 304 g/mol. The van der Waals surface area contributed by atoms with Crippen LogP contribution >= 0.6 is 27.5 Å². The van der Waals surface area contributed by atoms with Crippen LogP contribution in [0.1, 0.15) is 16.8 Å². The highest BCUT2D eigenvalue weighted by atomic mass is 79.9. The summed E-state index contributed by atoms with van der Waals surface area (Å²) in [4.78, 5) is 13.8. The second-order valence-corrected chi connectivity index (χ2v) is 5.25. The Kier molecular flexibility index (Phi) is 3.52.